The van der Waals surface area contributed by atoms with Crippen molar-refractivity contribution in [3.63, 3.8) is 0 Å². The average Bonchev–Trinajstić information content (AvgIpc) is 2.49. The maximum atomic E-state index is 14.0. The molecular formula is C14H17BrFNO4. The van der Waals surface area contributed by atoms with Gasteiger partial charge in [0.15, 0.2) is 0 Å². The summed E-state index contributed by atoms with van der Waals surface area (Å²) in [6.07, 6.45) is 0.0432. The average molecular weight is 362 g/mol. The topological polar surface area (TPSA) is 55.8 Å². The van der Waals surface area contributed by atoms with Gasteiger partial charge in [0.1, 0.15) is 5.82 Å². The van der Waals surface area contributed by atoms with Crippen LogP contribution in [0.2, 0.25) is 0 Å². The van der Waals surface area contributed by atoms with E-state index in [1.165, 1.54) is 31.3 Å². The minimum Gasteiger partial charge on any atom is -0.469 e. The third-order valence-corrected chi connectivity index (χ3v) is 3.46. The van der Waals surface area contributed by atoms with E-state index in [1.807, 2.05) is 0 Å². The van der Waals surface area contributed by atoms with Crippen LogP contribution >= 0.6 is 15.9 Å². The van der Waals surface area contributed by atoms with Gasteiger partial charge in [-0.3, -0.25) is 9.59 Å². The molecule has 1 aromatic rings. The number of amides is 1. The molecule has 7 heteroatoms. The summed E-state index contributed by atoms with van der Waals surface area (Å²) >= 11 is 3.05. The van der Waals surface area contributed by atoms with E-state index in [1.54, 1.807) is 6.07 Å². The van der Waals surface area contributed by atoms with E-state index in [9.17, 15) is 14.0 Å². The summed E-state index contributed by atoms with van der Waals surface area (Å²) in [5, 5.41) is 0. The summed E-state index contributed by atoms with van der Waals surface area (Å²) < 4.78 is 23.7. The molecule has 0 fully saturated rings. The van der Waals surface area contributed by atoms with Gasteiger partial charge in [-0.1, -0.05) is 6.07 Å². The van der Waals surface area contributed by atoms with Crippen LogP contribution in [0.25, 0.3) is 0 Å². The largest absolute Gasteiger partial charge is 0.469 e. The highest BCUT2D eigenvalue weighted by Gasteiger charge is 2.21. The Morgan fingerprint density at radius 2 is 2.00 bits per heavy atom. The SMILES string of the molecule is COCCN(CCC(=O)OC)C(=O)c1cccc(Br)c1F. The Hall–Kier alpha value is -1.47. The van der Waals surface area contributed by atoms with Crippen molar-refractivity contribution in [3.05, 3.63) is 34.1 Å². The summed E-state index contributed by atoms with van der Waals surface area (Å²) in [6, 6.07) is 4.50. The van der Waals surface area contributed by atoms with E-state index in [0.29, 0.717) is 6.61 Å². The Labute approximate surface area is 131 Å². The summed E-state index contributed by atoms with van der Waals surface area (Å²) in [4.78, 5) is 24.9. The molecular weight excluding hydrogens is 345 g/mol. The zero-order valence-corrected chi connectivity index (χ0v) is 13.5. The number of rotatable bonds is 7. The van der Waals surface area contributed by atoms with Crippen LogP contribution in [0.1, 0.15) is 16.8 Å². The van der Waals surface area contributed by atoms with E-state index in [0.717, 1.165) is 0 Å². The first-order valence-corrected chi connectivity index (χ1v) is 7.09. The van der Waals surface area contributed by atoms with E-state index >= 15 is 0 Å². The number of ether oxygens (including phenoxy) is 2. The van der Waals surface area contributed by atoms with Crippen LogP contribution in [0.5, 0.6) is 0 Å². The number of nitrogens with zero attached hydrogens (tertiary/aromatic N) is 1. The molecule has 0 radical (unpaired) electrons. The van der Waals surface area contributed by atoms with Gasteiger partial charge in [-0.25, -0.2) is 4.39 Å². The van der Waals surface area contributed by atoms with Gasteiger partial charge in [0.05, 0.1) is 30.2 Å². The van der Waals surface area contributed by atoms with Crippen molar-refractivity contribution in [1.82, 2.24) is 4.90 Å². The number of carbonyl (C=O) groups excluding carboxylic acids is 2. The summed E-state index contributed by atoms with van der Waals surface area (Å²) in [5.74, 6) is -1.54. The molecule has 21 heavy (non-hydrogen) atoms. The van der Waals surface area contributed by atoms with Crippen molar-refractivity contribution in [2.75, 3.05) is 33.9 Å². The molecule has 0 unspecified atom stereocenters. The number of esters is 1. The molecule has 0 bridgehead atoms. The lowest BCUT2D eigenvalue weighted by atomic mass is 10.2. The van der Waals surface area contributed by atoms with Crippen LogP contribution in [0.3, 0.4) is 0 Å². The molecule has 0 atom stereocenters. The highest BCUT2D eigenvalue weighted by molar-refractivity contribution is 9.10. The van der Waals surface area contributed by atoms with E-state index in [-0.39, 0.29) is 29.5 Å². The van der Waals surface area contributed by atoms with Crippen LogP contribution in [0.4, 0.5) is 4.39 Å². The minimum absolute atomic E-state index is 0.0432. The molecule has 0 saturated carbocycles. The van der Waals surface area contributed by atoms with Gasteiger partial charge in [0.25, 0.3) is 5.91 Å². The molecule has 1 amide bonds. The quantitative estimate of drug-likeness (QED) is 0.699. The van der Waals surface area contributed by atoms with Gasteiger partial charge >= 0.3 is 5.97 Å². The van der Waals surface area contributed by atoms with Crippen LogP contribution < -0.4 is 0 Å². The van der Waals surface area contributed by atoms with E-state index in [4.69, 9.17) is 4.74 Å². The number of hydrogen-bond donors (Lipinski definition) is 0. The third kappa shape index (κ3) is 5.09. The molecule has 0 aliphatic rings. The van der Waals surface area contributed by atoms with Crippen molar-refractivity contribution in [2.45, 2.75) is 6.42 Å². The Balaban J connectivity index is 2.88. The highest BCUT2D eigenvalue weighted by Crippen LogP contribution is 2.20. The molecule has 116 valence electrons. The second-order valence-corrected chi connectivity index (χ2v) is 5.07. The predicted molar refractivity (Wildman–Crippen MR) is 78.5 cm³/mol. The van der Waals surface area contributed by atoms with Gasteiger partial charge in [0, 0.05) is 20.2 Å². The molecule has 0 heterocycles. The van der Waals surface area contributed by atoms with Gasteiger partial charge in [-0.2, -0.15) is 0 Å². The van der Waals surface area contributed by atoms with Crippen molar-refractivity contribution in [2.24, 2.45) is 0 Å². The van der Waals surface area contributed by atoms with Gasteiger partial charge in [-0.05, 0) is 28.1 Å². The Bertz CT molecular complexity index is 510. The molecule has 0 aromatic heterocycles. The van der Waals surface area contributed by atoms with Crippen LogP contribution in [-0.4, -0.2) is 50.7 Å². The summed E-state index contributed by atoms with van der Waals surface area (Å²) in [5.41, 5.74) is -0.0506. The third-order valence-electron chi connectivity index (χ3n) is 2.85. The second kappa shape index (κ2) is 8.74. The van der Waals surface area contributed by atoms with Crippen molar-refractivity contribution in [3.8, 4) is 0 Å². The molecule has 1 aromatic carbocycles. The van der Waals surface area contributed by atoms with Crippen LogP contribution in [0.15, 0.2) is 22.7 Å². The monoisotopic (exact) mass is 361 g/mol. The number of benzene rings is 1. The minimum atomic E-state index is -0.622. The fourth-order valence-corrected chi connectivity index (χ4v) is 2.05. The smallest absolute Gasteiger partial charge is 0.307 e. The zero-order valence-electron chi connectivity index (χ0n) is 11.9. The number of halogens is 2. The Morgan fingerprint density at radius 3 is 2.62 bits per heavy atom. The lowest BCUT2D eigenvalue weighted by molar-refractivity contribution is -0.140. The lowest BCUT2D eigenvalue weighted by Crippen LogP contribution is -2.36. The predicted octanol–water partition coefficient (Wildman–Crippen LogP) is 2.24. The molecule has 0 saturated heterocycles. The van der Waals surface area contributed by atoms with Gasteiger partial charge in [0.2, 0.25) is 0 Å². The Morgan fingerprint density at radius 1 is 1.29 bits per heavy atom. The number of methoxy groups -OCH3 is 2. The fourth-order valence-electron chi connectivity index (χ4n) is 1.68. The highest BCUT2D eigenvalue weighted by atomic mass is 79.9. The standard InChI is InChI=1S/C14H17BrFNO4/c1-20-9-8-17(7-6-12(18)21-2)14(19)10-4-3-5-11(15)13(10)16/h3-5H,6-9H2,1-2H3. The second-order valence-electron chi connectivity index (χ2n) is 4.21. The first-order chi connectivity index (χ1) is 10.0. The van der Waals surface area contributed by atoms with E-state index in [2.05, 4.69) is 20.7 Å². The summed E-state index contributed by atoms with van der Waals surface area (Å²) in [6.45, 7) is 0.696. The lowest BCUT2D eigenvalue weighted by Gasteiger charge is -2.22. The number of hydrogen-bond acceptors (Lipinski definition) is 4. The molecule has 0 N–H and O–H groups in total. The number of carbonyl (C=O) groups is 2. The normalized spacial score (nSPS) is 10.3. The maximum Gasteiger partial charge on any atom is 0.307 e. The first kappa shape index (κ1) is 17.6. The van der Waals surface area contributed by atoms with E-state index < -0.39 is 17.7 Å². The zero-order chi connectivity index (χ0) is 15.8. The molecule has 1 rings (SSSR count). The van der Waals surface area contributed by atoms with Crippen LogP contribution in [-0.2, 0) is 14.3 Å². The summed E-state index contributed by atoms with van der Waals surface area (Å²) in [7, 11) is 2.78. The Kier molecular flexibility index (Phi) is 7.31. The fraction of sp³-hybridized carbons (Fsp3) is 0.429. The van der Waals surface area contributed by atoms with Gasteiger partial charge < -0.3 is 14.4 Å². The first-order valence-electron chi connectivity index (χ1n) is 6.30. The maximum absolute atomic E-state index is 14.0. The molecule has 0 spiro atoms. The molecule has 0 aliphatic carbocycles. The van der Waals surface area contributed by atoms with Crippen molar-refractivity contribution >= 4 is 27.8 Å². The molecule has 5 nitrogen and oxygen atoms in total. The molecule has 0 aliphatic heterocycles. The van der Waals surface area contributed by atoms with Crippen LogP contribution in [0, 0.1) is 5.82 Å². The van der Waals surface area contributed by atoms with Gasteiger partial charge in [-0.15, -0.1) is 0 Å². The van der Waals surface area contributed by atoms with Crippen molar-refractivity contribution in [1.29, 1.82) is 0 Å². The van der Waals surface area contributed by atoms with Crippen molar-refractivity contribution < 1.29 is 23.5 Å².